The van der Waals surface area contributed by atoms with Gasteiger partial charge in [-0.1, -0.05) is 49.6 Å². The zero-order valence-corrected chi connectivity index (χ0v) is 18.9. The number of carbonyl (C=O) groups excluding carboxylic acids is 3. The second-order valence-corrected chi connectivity index (χ2v) is 9.12. The van der Waals surface area contributed by atoms with Crippen LogP contribution in [-0.4, -0.2) is 51.0 Å². The monoisotopic (exact) mass is 437 g/mol. The van der Waals surface area contributed by atoms with Crippen molar-refractivity contribution in [3.63, 3.8) is 0 Å². The molecule has 4 rings (SSSR count). The number of fused-ring (bicyclic) bond motifs is 1. The third-order valence-corrected chi connectivity index (χ3v) is 6.81. The highest BCUT2D eigenvalue weighted by atomic mass is 16.2. The van der Waals surface area contributed by atoms with E-state index in [1.807, 2.05) is 37.3 Å². The van der Waals surface area contributed by atoms with Gasteiger partial charge in [-0.3, -0.25) is 19.1 Å². The fourth-order valence-electron chi connectivity index (χ4n) is 4.52. The Kier molecular flexibility index (Phi) is 6.04. The lowest BCUT2D eigenvalue weighted by molar-refractivity contribution is -0.133. The first-order valence-electron chi connectivity index (χ1n) is 11.3. The first-order chi connectivity index (χ1) is 15.3. The molecule has 0 spiro atoms. The molecule has 8 nitrogen and oxygen atoms in total. The van der Waals surface area contributed by atoms with Gasteiger partial charge in [0, 0.05) is 19.2 Å². The minimum absolute atomic E-state index is 0.149. The van der Waals surface area contributed by atoms with E-state index < -0.39 is 5.54 Å². The molecule has 0 radical (unpaired) electrons. The third-order valence-electron chi connectivity index (χ3n) is 6.81. The molecule has 1 aromatic heterocycles. The second-order valence-electron chi connectivity index (χ2n) is 9.12. The Balaban J connectivity index is 1.50. The molecule has 2 aliphatic rings. The molecule has 32 heavy (non-hydrogen) atoms. The molecule has 0 bridgehead atoms. The molecule has 1 saturated carbocycles. The van der Waals surface area contributed by atoms with Crippen molar-refractivity contribution in [1.29, 1.82) is 0 Å². The van der Waals surface area contributed by atoms with E-state index in [9.17, 15) is 14.4 Å². The standard InChI is InChI=1S/C24H31N5O3/c1-16(17-10-6-4-7-11-17)25-21(30)19-14-20-22(31)28(3)24(2,15-29(20)27-19)23(32)26-18-12-8-5-9-13-18/h4,6-7,10-11,14,16,18H,5,8-9,12-13,15H2,1-3H3,(H,25,30)(H,26,32)/t16-,24-/m1/s1. The number of nitrogens with one attached hydrogen (secondary N) is 2. The second kappa shape index (κ2) is 8.76. The first-order valence-corrected chi connectivity index (χ1v) is 11.3. The summed E-state index contributed by atoms with van der Waals surface area (Å²) < 4.78 is 1.49. The Labute approximate surface area is 188 Å². The summed E-state index contributed by atoms with van der Waals surface area (Å²) >= 11 is 0. The van der Waals surface area contributed by atoms with E-state index >= 15 is 0 Å². The average molecular weight is 438 g/mol. The molecular weight excluding hydrogens is 406 g/mol. The van der Waals surface area contributed by atoms with Crippen LogP contribution in [0.5, 0.6) is 0 Å². The van der Waals surface area contributed by atoms with Crippen molar-refractivity contribution < 1.29 is 14.4 Å². The largest absolute Gasteiger partial charge is 0.351 e. The molecule has 0 saturated heterocycles. The fraction of sp³-hybridized carbons (Fsp3) is 0.500. The lowest BCUT2D eigenvalue weighted by Gasteiger charge is -2.41. The molecule has 2 atom stereocenters. The maximum Gasteiger partial charge on any atom is 0.272 e. The van der Waals surface area contributed by atoms with E-state index in [2.05, 4.69) is 15.7 Å². The van der Waals surface area contributed by atoms with Crippen molar-refractivity contribution in [2.75, 3.05) is 7.05 Å². The summed E-state index contributed by atoms with van der Waals surface area (Å²) in [5.74, 6) is -0.850. The lowest BCUT2D eigenvalue weighted by Crippen LogP contribution is -2.63. The van der Waals surface area contributed by atoms with Crippen molar-refractivity contribution in [2.45, 2.75) is 70.1 Å². The maximum absolute atomic E-state index is 13.2. The number of amides is 3. The van der Waals surface area contributed by atoms with Crippen LogP contribution in [0.1, 0.15) is 78.5 Å². The predicted molar refractivity (Wildman–Crippen MR) is 120 cm³/mol. The number of hydrogen-bond donors (Lipinski definition) is 2. The number of rotatable bonds is 5. The Bertz CT molecular complexity index is 1010. The van der Waals surface area contributed by atoms with Gasteiger partial charge in [-0.15, -0.1) is 0 Å². The Morgan fingerprint density at radius 1 is 1.16 bits per heavy atom. The van der Waals surface area contributed by atoms with Crippen LogP contribution in [-0.2, 0) is 11.3 Å². The van der Waals surface area contributed by atoms with Crippen LogP contribution in [0.4, 0.5) is 0 Å². The smallest absolute Gasteiger partial charge is 0.272 e. The first kappa shape index (κ1) is 22.0. The quantitative estimate of drug-likeness (QED) is 0.752. The predicted octanol–water partition coefficient (Wildman–Crippen LogP) is 2.67. The Hall–Kier alpha value is -3.16. The molecular formula is C24H31N5O3. The summed E-state index contributed by atoms with van der Waals surface area (Å²) in [5, 5.41) is 10.4. The van der Waals surface area contributed by atoms with Gasteiger partial charge in [0.05, 0.1) is 12.6 Å². The van der Waals surface area contributed by atoms with E-state index in [-0.39, 0.29) is 42.0 Å². The van der Waals surface area contributed by atoms with Gasteiger partial charge in [0.1, 0.15) is 11.2 Å². The van der Waals surface area contributed by atoms with Crippen molar-refractivity contribution in [1.82, 2.24) is 25.3 Å². The van der Waals surface area contributed by atoms with E-state index in [1.54, 1.807) is 14.0 Å². The van der Waals surface area contributed by atoms with Gasteiger partial charge in [-0.05, 0) is 32.3 Å². The summed E-state index contributed by atoms with van der Waals surface area (Å²) in [5.41, 5.74) is 0.389. The molecule has 3 amide bonds. The highest BCUT2D eigenvalue weighted by Gasteiger charge is 2.46. The van der Waals surface area contributed by atoms with Gasteiger partial charge in [-0.25, -0.2) is 0 Å². The molecule has 2 aromatic rings. The summed E-state index contributed by atoms with van der Waals surface area (Å²) in [6.45, 7) is 3.85. The topological polar surface area (TPSA) is 96.3 Å². The molecule has 2 heterocycles. The van der Waals surface area contributed by atoms with Gasteiger partial charge in [0.15, 0.2) is 5.69 Å². The maximum atomic E-state index is 13.2. The SMILES string of the molecule is C[C@@H](NC(=O)c1cc2n(n1)C[C@](C)(C(=O)NC1CCCCC1)N(C)C2=O)c1ccccc1. The molecule has 8 heteroatoms. The number of likely N-dealkylation sites (N-methyl/N-ethyl adjacent to an activating group) is 1. The van der Waals surface area contributed by atoms with Gasteiger partial charge in [-0.2, -0.15) is 5.10 Å². The van der Waals surface area contributed by atoms with Crippen molar-refractivity contribution in [2.24, 2.45) is 0 Å². The van der Waals surface area contributed by atoms with Crippen molar-refractivity contribution >= 4 is 17.7 Å². The van der Waals surface area contributed by atoms with Gasteiger partial charge in [0.2, 0.25) is 5.91 Å². The van der Waals surface area contributed by atoms with Crippen LogP contribution in [0.2, 0.25) is 0 Å². The van der Waals surface area contributed by atoms with Crippen molar-refractivity contribution in [3.05, 3.63) is 53.3 Å². The zero-order chi connectivity index (χ0) is 22.9. The number of carbonyl (C=O) groups is 3. The van der Waals surface area contributed by atoms with Crippen molar-refractivity contribution in [3.8, 4) is 0 Å². The summed E-state index contributed by atoms with van der Waals surface area (Å²) in [4.78, 5) is 40.5. The third kappa shape index (κ3) is 4.13. The van der Waals surface area contributed by atoms with Crippen LogP contribution >= 0.6 is 0 Å². The van der Waals surface area contributed by atoms with E-state index in [4.69, 9.17) is 0 Å². The number of benzene rings is 1. The van der Waals surface area contributed by atoms with Crippen LogP contribution < -0.4 is 10.6 Å². The van der Waals surface area contributed by atoms with Crippen LogP contribution in [0.15, 0.2) is 36.4 Å². The van der Waals surface area contributed by atoms with Crippen LogP contribution in [0.25, 0.3) is 0 Å². The summed E-state index contributed by atoms with van der Waals surface area (Å²) in [7, 11) is 1.64. The number of nitrogens with zero attached hydrogens (tertiary/aromatic N) is 3. The number of hydrogen-bond acceptors (Lipinski definition) is 4. The van der Waals surface area contributed by atoms with Crippen LogP contribution in [0, 0.1) is 0 Å². The average Bonchev–Trinajstić information content (AvgIpc) is 3.23. The van der Waals surface area contributed by atoms with E-state index in [0.717, 1.165) is 31.2 Å². The molecule has 1 aromatic carbocycles. The van der Waals surface area contributed by atoms with Gasteiger partial charge >= 0.3 is 0 Å². The van der Waals surface area contributed by atoms with Gasteiger partial charge in [0.25, 0.3) is 11.8 Å². The van der Waals surface area contributed by atoms with E-state index in [0.29, 0.717) is 5.69 Å². The van der Waals surface area contributed by atoms with Crippen LogP contribution in [0.3, 0.4) is 0 Å². The van der Waals surface area contributed by atoms with Gasteiger partial charge < -0.3 is 15.5 Å². The highest BCUT2D eigenvalue weighted by molar-refractivity contribution is 6.01. The molecule has 1 aliphatic carbocycles. The molecule has 1 aliphatic heterocycles. The summed E-state index contributed by atoms with van der Waals surface area (Å²) in [6, 6.07) is 11.1. The number of aromatic nitrogens is 2. The Morgan fingerprint density at radius 3 is 2.53 bits per heavy atom. The molecule has 0 unspecified atom stereocenters. The molecule has 170 valence electrons. The van der Waals surface area contributed by atoms with E-state index in [1.165, 1.54) is 22.1 Å². The molecule has 2 N–H and O–H groups in total. The molecule has 1 fully saturated rings. The fourth-order valence-corrected chi connectivity index (χ4v) is 4.52. The zero-order valence-electron chi connectivity index (χ0n) is 18.9. The normalized spacial score (nSPS) is 22.2. The lowest BCUT2D eigenvalue weighted by atomic mass is 9.92. The minimum atomic E-state index is -1.07. The highest BCUT2D eigenvalue weighted by Crippen LogP contribution is 2.27. The Morgan fingerprint density at radius 2 is 1.84 bits per heavy atom. The summed E-state index contributed by atoms with van der Waals surface area (Å²) in [6.07, 6.45) is 5.36. The minimum Gasteiger partial charge on any atom is -0.351 e.